The smallest absolute Gasteiger partial charge is 0.439 e. The minimum absolute atomic E-state index is 0.0460. The van der Waals surface area contributed by atoms with Crippen molar-refractivity contribution in [1.29, 1.82) is 0 Å². The predicted molar refractivity (Wildman–Crippen MR) is 84.5 cm³/mol. The second kappa shape index (κ2) is 5.97. The van der Waals surface area contributed by atoms with Crippen molar-refractivity contribution in [3.8, 4) is 0 Å². The van der Waals surface area contributed by atoms with Gasteiger partial charge in [0.1, 0.15) is 5.69 Å². The van der Waals surface area contributed by atoms with Crippen LogP contribution < -0.4 is 16.0 Å². The molecule has 7 nitrogen and oxygen atoms in total. The molecule has 2 aliphatic rings. The number of pyridine rings is 1. The molecule has 0 aliphatic carbocycles. The van der Waals surface area contributed by atoms with Crippen LogP contribution in [0.4, 0.5) is 19.1 Å². The van der Waals surface area contributed by atoms with Crippen LogP contribution in [0.15, 0.2) is 22.7 Å². The molecule has 26 heavy (non-hydrogen) atoms. The quantitative estimate of drug-likeness (QED) is 0.770. The van der Waals surface area contributed by atoms with Crippen LogP contribution in [0.25, 0.3) is 11.0 Å². The molecular weight excluding hydrogens is 353 g/mol. The molecule has 2 aromatic rings. The van der Waals surface area contributed by atoms with Crippen molar-refractivity contribution >= 4 is 28.7 Å². The number of hydrogen-bond donors (Lipinski definition) is 3. The normalized spacial score (nSPS) is 24.8. The highest BCUT2D eigenvalue weighted by Gasteiger charge is 2.40. The molecule has 2 aliphatic heterocycles. The maximum Gasteiger partial charge on any atom is 0.471 e. The molecule has 2 aromatic heterocycles. The highest BCUT2D eigenvalue weighted by atomic mass is 19.4. The highest BCUT2D eigenvalue weighted by molar-refractivity contribution is 5.98. The molecule has 2 fully saturated rings. The zero-order valence-corrected chi connectivity index (χ0v) is 13.4. The number of nitrogens with one attached hydrogen (secondary N) is 3. The third kappa shape index (κ3) is 3.12. The third-order valence-electron chi connectivity index (χ3n) is 4.75. The number of fused-ring (bicyclic) bond motifs is 3. The Balaban J connectivity index is 1.48. The first-order valence-corrected chi connectivity index (χ1v) is 8.14. The summed E-state index contributed by atoms with van der Waals surface area (Å²) in [5, 5.41) is 8.35. The van der Waals surface area contributed by atoms with Gasteiger partial charge in [-0.05, 0) is 25.3 Å². The highest BCUT2D eigenvalue weighted by Crippen LogP contribution is 2.29. The molecule has 0 spiro atoms. The van der Waals surface area contributed by atoms with Crippen LogP contribution >= 0.6 is 0 Å². The predicted octanol–water partition coefficient (Wildman–Crippen LogP) is 1.95. The summed E-state index contributed by atoms with van der Waals surface area (Å²) in [7, 11) is 0. The summed E-state index contributed by atoms with van der Waals surface area (Å²) < 4.78 is 42.0. The van der Waals surface area contributed by atoms with Crippen molar-refractivity contribution in [2.24, 2.45) is 0 Å². The lowest BCUT2D eigenvalue weighted by Gasteiger charge is -2.21. The summed E-state index contributed by atoms with van der Waals surface area (Å²) >= 11 is 0. The number of rotatable bonds is 3. The Morgan fingerprint density at radius 2 is 2.08 bits per heavy atom. The van der Waals surface area contributed by atoms with Gasteiger partial charge >= 0.3 is 12.1 Å². The van der Waals surface area contributed by atoms with Gasteiger partial charge in [-0.25, -0.2) is 4.98 Å². The summed E-state index contributed by atoms with van der Waals surface area (Å²) in [6, 6.07) is 3.39. The van der Waals surface area contributed by atoms with Gasteiger partial charge < -0.3 is 15.1 Å². The summed E-state index contributed by atoms with van der Waals surface area (Å²) in [6.07, 6.45) is -0.768. The van der Waals surface area contributed by atoms with Crippen LogP contribution in [-0.2, 0) is 4.79 Å². The van der Waals surface area contributed by atoms with Gasteiger partial charge in [0.05, 0.1) is 6.20 Å². The number of nitrogens with zero attached hydrogens (tertiary/aromatic N) is 1. The van der Waals surface area contributed by atoms with Crippen molar-refractivity contribution in [1.82, 2.24) is 15.6 Å². The van der Waals surface area contributed by atoms with Crippen molar-refractivity contribution in [3.05, 3.63) is 24.0 Å². The molecule has 138 valence electrons. The van der Waals surface area contributed by atoms with Gasteiger partial charge in [0, 0.05) is 29.6 Å². The molecule has 0 radical (unpaired) electrons. The molecule has 3 N–H and O–H groups in total. The van der Waals surface area contributed by atoms with E-state index in [0.29, 0.717) is 11.4 Å². The van der Waals surface area contributed by atoms with Crippen LogP contribution in [0.1, 0.15) is 29.8 Å². The fourth-order valence-electron chi connectivity index (χ4n) is 3.54. The third-order valence-corrected chi connectivity index (χ3v) is 4.75. The van der Waals surface area contributed by atoms with E-state index in [1.807, 2.05) is 0 Å². The minimum Gasteiger partial charge on any atom is -0.439 e. The molecule has 2 bridgehead atoms. The number of amides is 2. The largest absolute Gasteiger partial charge is 0.471 e. The number of carbonyl (C=O) groups excluding carboxylic acids is 2. The molecule has 0 unspecified atom stereocenters. The topological polar surface area (TPSA) is 96.3 Å². The second-order valence-corrected chi connectivity index (χ2v) is 6.53. The van der Waals surface area contributed by atoms with E-state index < -0.39 is 12.1 Å². The Labute approximate surface area is 145 Å². The second-order valence-electron chi connectivity index (χ2n) is 6.53. The van der Waals surface area contributed by atoms with E-state index in [0.717, 1.165) is 19.3 Å². The van der Waals surface area contributed by atoms with E-state index in [1.165, 1.54) is 18.3 Å². The Morgan fingerprint density at radius 1 is 1.27 bits per heavy atom. The summed E-state index contributed by atoms with van der Waals surface area (Å²) in [4.78, 5) is 27.3. The van der Waals surface area contributed by atoms with Gasteiger partial charge in [0.15, 0.2) is 5.58 Å². The minimum atomic E-state index is -5.02. The fourth-order valence-corrected chi connectivity index (χ4v) is 3.54. The van der Waals surface area contributed by atoms with Crippen LogP contribution in [0.5, 0.6) is 0 Å². The van der Waals surface area contributed by atoms with E-state index >= 15 is 0 Å². The van der Waals surface area contributed by atoms with Crippen molar-refractivity contribution in [3.63, 3.8) is 0 Å². The van der Waals surface area contributed by atoms with Gasteiger partial charge in [0.25, 0.3) is 5.91 Å². The van der Waals surface area contributed by atoms with E-state index in [2.05, 4.69) is 15.6 Å². The lowest BCUT2D eigenvalue weighted by Crippen LogP contribution is -2.43. The van der Waals surface area contributed by atoms with Crippen LogP contribution in [0, 0.1) is 0 Å². The van der Waals surface area contributed by atoms with Crippen molar-refractivity contribution in [2.75, 3.05) is 5.32 Å². The molecule has 4 heterocycles. The molecule has 2 amide bonds. The maximum absolute atomic E-state index is 12.4. The average Bonchev–Trinajstić information content (AvgIpc) is 3.27. The number of aromatic nitrogens is 1. The van der Waals surface area contributed by atoms with Crippen LogP contribution in [0.3, 0.4) is 0 Å². The number of furan rings is 1. The SMILES string of the molecule is O=C(N[C@@H]1C[C@H]2CC[C@@H]1N2)c1cc2cc(NC(=O)C(F)(F)F)oc2cn1. The molecular formula is C16H15F3N4O3. The Hall–Kier alpha value is -2.62. The molecule has 0 aromatic carbocycles. The summed E-state index contributed by atoms with van der Waals surface area (Å²) in [5.74, 6) is -2.85. The van der Waals surface area contributed by atoms with E-state index in [1.54, 1.807) is 5.32 Å². The monoisotopic (exact) mass is 368 g/mol. The fraction of sp³-hybridized carbons (Fsp3) is 0.438. The Morgan fingerprint density at radius 3 is 2.73 bits per heavy atom. The van der Waals surface area contributed by atoms with Gasteiger partial charge in [-0.2, -0.15) is 13.2 Å². The molecule has 10 heteroatoms. The van der Waals surface area contributed by atoms with Gasteiger partial charge in [-0.15, -0.1) is 0 Å². The van der Waals surface area contributed by atoms with Gasteiger partial charge in [-0.3, -0.25) is 14.9 Å². The zero-order chi connectivity index (χ0) is 18.5. The lowest BCUT2D eigenvalue weighted by atomic mass is 9.95. The summed E-state index contributed by atoms with van der Waals surface area (Å²) in [6.45, 7) is 0. The number of carbonyl (C=O) groups is 2. The lowest BCUT2D eigenvalue weighted by molar-refractivity contribution is -0.167. The molecule has 3 atom stereocenters. The maximum atomic E-state index is 12.4. The molecule has 0 saturated carbocycles. The Kier molecular flexibility index (Phi) is 3.87. The van der Waals surface area contributed by atoms with Crippen LogP contribution in [-0.4, -0.2) is 41.1 Å². The standard InChI is InChI=1S/C16H15F3N4O3/c17-16(18,19)15(25)23-13-4-7-3-11(20-6-12(7)26-13)14(24)22-10-5-8-1-2-9(10)21-8/h3-4,6,8-10,21H,1-2,5H2,(H,22,24)(H,23,25)/t8-,9+,10-/m1/s1. The first-order chi connectivity index (χ1) is 12.3. The van der Waals surface area contributed by atoms with E-state index in [-0.39, 0.29) is 35.2 Å². The molecule has 4 rings (SSSR count). The van der Waals surface area contributed by atoms with Gasteiger partial charge in [0.2, 0.25) is 5.88 Å². The first kappa shape index (κ1) is 16.8. The number of alkyl halides is 3. The number of anilines is 1. The van der Waals surface area contributed by atoms with Crippen molar-refractivity contribution < 1.29 is 27.2 Å². The van der Waals surface area contributed by atoms with Gasteiger partial charge in [-0.1, -0.05) is 0 Å². The Bertz CT molecular complexity index is 879. The first-order valence-electron chi connectivity index (χ1n) is 8.14. The van der Waals surface area contributed by atoms with E-state index in [9.17, 15) is 22.8 Å². The number of hydrogen-bond acceptors (Lipinski definition) is 5. The van der Waals surface area contributed by atoms with Crippen LogP contribution in [0.2, 0.25) is 0 Å². The molecule has 2 saturated heterocycles. The average molecular weight is 368 g/mol. The zero-order valence-electron chi connectivity index (χ0n) is 13.4. The summed E-state index contributed by atoms with van der Waals surface area (Å²) in [5.41, 5.74) is 0.301. The van der Waals surface area contributed by atoms with Crippen molar-refractivity contribution in [2.45, 2.75) is 43.6 Å². The van der Waals surface area contributed by atoms with E-state index in [4.69, 9.17) is 4.42 Å². The number of halogens is 3.